The van der Waals surface area contributed by atoms with E-state index in [1.54, 1.807) is 6.20 Å². The minimum absolute atomic E-state index is 0.0755. The van der Waals surface area contributed by atoms with Crippen LogP contribution in [0.2, 0.25) is 0 Å². The van der Waals surface area contributed by atoms with Crippen LogP contribution >= 0.6 is 0 Å². The van der Waals surface area contributed by atoms with Crippen molar-refractivity contribution in [3.63, 3.8) is 0 Å². The third-order valence-corrected chi connectivity index (χ3v) is 4.61. The molecular formula is C21H21N5O. The molecule has 0 aliphatic heterocycles. The van der Waals surface area contributed by atoms with Gasteiger partial charge in [0, 0.05) is 30.2 Å². The summed E-state index contributed by atoms with van der Waals surface area (Å²) in [6.45, 7) is 0.222. The highest BCUT2D eigenvalue weighted by Crippen LogP contribution is 2.30. The summed E-state index contributed by atoms with van der Waals surface area (Å²) in [5.74, 6) is 1.36. The number of fused-ring (bicyclic) bond motifs is 1. The minimum Gasteiger partial charge on any atom is -0.350 e. The molecule has 2 aromatic heterocycles. The molecule has 0 bridgehead atoms. The Balaban J connectivity index is 1.58. The van der Waals surface area contributed by atoms with Crippen LogP contribution in [0.15, 0.2) is 54.7 Å². The number of aromatic nitrogens is 3. The van der Waals surface area contributed by atoms with Crippen LogP contribution in [0.4, 0.5) is 11.5 Å². The number of amides is 1. The Labute approximate surface area is 158 Å². The molecule has 1 aromatic carbocycles. The number of rotatable bonds is 5. The van der Waals surface area contributed by atoms with Crippen LogP contribution in [0.1, 0.15) is 17.7 Å². The Morgan fingerprint density at radius 3 is 2.67 bits per heavy atom. The summed E-state index contributed by atoms with van der Waals surface area (Å²) >= 11 is 0. The molecule has 0 unspecified atom stereocenters. The lowest BCUT2D eigenvalue weighted by atomic mass is 10.2. The van der Waals surface area contributed by atoms with E-state index in [9.17, 15) is 4.79 Å². The van der Waals surface area contributed by atoms with Crippen molar-refractivity contribution in [3.8, 4) is 11.5 Å². The topological polar surface area (TPSA) is 71.0 Å². The van der Waals surface area contributed by atoms with Gasteiger partial charge in [0.2, 0.25) is 5.91 Å². The minimum atomic E-state index is -0.0755. The van der Waals surface area contributed by atoms with Gasteiger partial charge in [0.15, 0.2) is 5.82 Å². The van der Waals surface area contributed by atoms with E-state index in [1.807, 2.05) is 60.5 Å². The van der Waals surface area contributed by atoms with Gasteiger partial charge in [0.05, 0.1) is 6.54 Å². The summed E-state index contributed by atoms with van der Waals surface area (Å²) < 4.78 is 0. The smallest absolute Gasteiger partial charge is 0.243 e. The van der Waals surface area contributed by atoms with Crippen LogP contribution in [-0.4, -0.2) is 34.5 Å². The van der Waals surface area contributed by atoms with Crippen molar-refractivity contribution in [1.29, 1.82) is 0 Å². The summed E-state index contributed by atoms with van der Waals surface area (Å²) in [5, 5.41) is 2.92. The molecule has 1 aliphatic rings. The average molecular weight is 359 g/mol. The molecule has 0 saturated carbocycles. The standard InChI is InChI=1S/C21H21N5O/c1-26(14-19(27)23-15-8-3-2-4-9-15)21-16-10-7-12-17(16)24-20(25-21)18-11-5-6-13-22-18/h2-6,8-9,11,13H,7,10,12,14H2,1H3,(H,23,27). The van der Waals surface area contributed by atoms with Gasteiger partial charge in [-0.3, -0.25) is 9.78 Å². The Kier molecular flexibility index (Phi) is 4.78. The van der Waals surface area contributed by atoms with Crippen molar-refractivity contribution in [2.75, 3.05) is 23.8 Å². The molecule has 4 rings (SSSR count). The molecule has 0 atom stereocenters. The maximum atomic E-state index is 12.4. The van der Waals surface area contributed by atoms with E-state index in [0.29, 0.717) is 5.82 Å². The third kappa shape index (κ3) is 3.79. The zero-order valence-electron chi connectivity index (χ0n) is 15.2. The Bertz CT molecular complexity index is 944. The van der Waals surface area contributed by atoms with Gasteiger partial charge in [-0.15, -0.1) is 0 Å². The second-order valence-electron chi connectivity index (χ2n) is 6.63. The normalized spacial score (nSPS) is 12.5. The molecule has 2 heterocycles. The summed E-state index contributed by atoms with van der Waals surface area (Å²) in [6, 6.07) is 15.2. The zero-order valence-corrected chi connectivity index (χ0v) is 15.2. The maximum Gasteiger partial charge on any atom is 0.243 e. The van der Waals surface area contributed by atoms with Crippen molar-refractivity contribution in [3.05, 3.63) is 66.0 Å². The van der Waals surface area contributed by atoms with E-state index in [0.717, 1.165) is 47.7 Å². The van der Waals surface area contributed by atoms with Gasteiger partial charge in [0.25, 0.3) is 0 Å². The first-order chi connectivity index (χ1) is 13.2. The molecule has 0 fully saturated rings. The van der Waals surface area contributed by atoms with Gasteiger partial charge in [0.1, 0.15) is 11.5 Å². The van der Waals surface area contributed by atoms with Crippen LogP contribution in [0.5, 0.6) is 0 Å². The molecule has 0 saturated heterocycles. The molecule has 1 aliphatic carbocycles. The number of pyridine rings is 1. The second-order valence-corrected chi connectivity index (χ2v) is 6.63. The largest absolute Gasteiger partial charge is 0.350 e. The lowest BCUT2D eigenvalue weighted by Crippen LogP contribution is -2.31. The summed E-state index contributed by atoms with van der Waals surface area (Å²) in [5.41, 5.74) is 3.74. The van der Waals surface area contributed by atoms with Crippen molar-refractivity contribution >= 4 is 17.4 Å². The van der Waals surface area contributed by atoms with Crippen LogP contribution < -0.4 is 10.2 Å². The lowest BCUT2D eigenvalue weighted by Gasteiger charge is -2.21. The molecule has 1 amide bonds. The molecule has 0 radical (unpaired) electrons. The fraction of sp³-hybridized carbons (Fsp3) is 0.238. The number of benzene rings is 1. The van der Waals surface area contributed by atoms with Crippen molar-refractivity contribution < 1.29 is 4.79 Å². The Morgan fingerprint density at radius 2 is 1.89 bits per heavy atom. The van der Waals surface area contributed by atoms with Crippen molar-refractivity contribution in [2.24, 2.45) is 0 Å². The number of carbonyl (C=O) groups excluding carboxylic acids is 1. The fourth-order valence-corrected chi connectivity index (χ4v) is 3.35. The summed E-state index contributed by atoms with van der Waals surface area (Å²) in [6.07, 6.45) is 4.68. The number of carbonyl (C=O) groups is 1. The van der Waals surface area contributed by atoms with Crippen LogP contribution in [0.3, 0.4) is 0 Å². The molecule has 3 aromatic rings. The first-order valence-electron chi connectivity index (χ1n) is 9.08. The van der Waals surface area contributed by atoms with E-state index in [2.05, 4.69) is 10.3 Å². The first kappa shape index (κ1) is 17.1. The number of hydrogen-bond donors (Lipinski definition) is 1. The molecule has 27 heavy (non-hydrogen) atoms. The summed E-state index contributed by atoms with van der Waals surface area (Å²) in [4.78, 5) is 28.2. The highest BCUT2D eigenvalue weighted by atomic mass is 16.2. The van der Waals surface area contributed by atoms with Gasteiger partial charge >= 0.3 is 0 Å². The Hall–Kier alpha value is -3.28. The van der Waals surface area contributed by atoms with Crippen molar-refractivity contribution in [2.45, 2.75) is 19.3 Å². The molecule has 1 N–H and O–H groups in total. The van der Waals surface area contributed by atoms with E-state index in [-0.39, 0.29) is 12.5 Å². The zero-order chi connectivity index (χ0) is 18.6. The lowest BCUT2D eigenvalue weighted by molar-refractivity contribution is -0.114. The highest BCUT2D eigenvalue weighted by Gasteiger charge is 2.23. The van der Waals surface area contributed by atoms with Gasteiger partial charge in [-0.05, 0) is 43.5 Å². The average Bonchev–Trinajstić information content (AvgIpc) is 3.17. The number of hydrogen-bond acceptors (Lipinski definition) is 5. The van der Waals surface area contributed by atoms with Crippen LogP contribution in [0.25, 0.3) is 11.5 Å². The van der Waals surface area contributed by atoms with Gasteiger partial charge in [-0.25, -0.2) is 9.97 Å². The van der Waals surface area contributed by atoms with E-state index in [4.69, 9.17) is 9.97 Å². The number of para-hydroxylation sites is 1. The van der Waals surface area contributed by atoms with E-state index in [1.165, 1.54) is 0 Å². The number of nitrogens with zero attached hydrogens (tertiary/aromatic N) is 4. The highest BCUT2D eigenvalue weighted by molar-refractivity contribution is 5.94. The SMILES string of the molecule is CN(CC(=O)Nc1ccccc1)c1nc(-c2ccccn2)nc2c1CCC2. The van der Waals surface area contributed by atoms with Gasteiger partial charge < -0.3 is 10.2 Å². The van der Waals surface area contributed by atoms with Gasteiger partial charge in [-0.2, -0.15) is 0 Å². The van der Waals surface area contributed by atoms with Gasteiger partial charge in [-0.1, -0.05) is 24.3 Å². The number of anilines is 2. The number of nitrogens with one attached hydrogen (secondary N) is 1. The number of likely N-dealkylation sites (N-methyl/N-ethyl adjacent to an activating group) is 1. The van der Waals surface area contributed by atoms with Crippen LogP contribution in [-0.2, 0) is 17.6 Å². The molecule has 6 heteroatoms. The second kappa shape index (κ2) is 7.53. The fourth-order valence-electron chi connectivity index (χ4n) is 3.35. The molecule has 0 spiro atoms. The first-order valence-corrected chi connectivity index (χ1v) is 9.08. The predicted octanol–water partition coefficient (Wildman–Crippen LogP) is 3.10. The van der Waals surface area contributed by atoms with E-state index < -0.39 is 0 Å². The monoisotopic (exact) mass is 359 g/mol. The van der Waals surface area contributed by atoms with Crippen LogP contribution in [0, 0.1) is 0 Å². The quantitative estimate of drug-likeness (QED) is 0.758. The van der Waals surface area contributed by atoms with Crippen molar-refractivity contribution in [1.82, 2.24) is 15.0 Å². The number of aryl methyl sites for hydroxylation is 1. The predicted molar refractivity (Wildman–Crippen MR) is 106 cm³/mol. The molecule has 6 nitrogen and oxygen atoms in total. The molecular weight excluding hydrogens is 338 g/mol. The third-order valence-electron chi connectivity index (χ3n) is 4.61. The summed E-state index contributed by atoms with van der Waals surface area (Å²) in [7, 11) is 1.90. The Morgan fingerprint density at radius 1 is 1.07 bits per heavy atom. The maximum absolute atomic E-state index is 12.4. The van der Waals surface area contributed by atoms with E-state index >= 15 is 0 Å². The molecule has 136 valence electrons.